The summed E-state index contributed by atoms with van der Waals surface area (Å²) in [5.74, 6) is 1.15. The molecule has 0 aliphatic carbocycles. The molecular weight excluding hydrogens is 429 g/mol. The van der Waals surface area contributed by atoms with Gasteiger partial charge in [-0.25, -0.2) is 4.79 Å². The van der Waals surface area contributed by atoms with Gasteiger partial charge in [0.25, 0.3) is 0 Å². The van der Waals surface area contributed by atoms with Gasteiger partial charge in [0.15, 0.2) is 0 Å². The molecule has 31 heavy (non-hydrogen) atoms. The van der Waals surface area contributed by atoms with Crippen molar-refractivity contribution in [1.29, 1.82) is 0 Å². The summed E-state index contributed by atoms with van der Waals surface area (Å²) in [4.78, 5) is 14.1. The number of hydrogen-bond acceptors (Lipinski definition) is 2. The summed E-state index contributed by atoms with van der Waals surface area (Å²) in [5, 5.41) is 3.33. The topological polar surface area (TPSA) is 41.6 Å². The van der Waals surface area contributed by atoms with Crippen LogP contribution in [-0.2, 0) is 11.7 Å². The molecule has 0 aromatic heterocycles. The fourth-order valence-electron chi connectivity index (χ4n) is 3.60. The zero-order valence-electron chi connectivity index (χ0n) is 16.4. The predicted molar refractivity (Wildman–Crippen MR) is 113 cm³/mol. The van der Waals surface area contributed by atoms with Crippen LogP contribution in [0.2, 0.25) is 5.02 Å². The molecule has 1 aliphatic heterocycles. The zero-order chi connectivity index (χ0) is 22.2. The first-order valence-electron chi connectivity index (χ1n) is 9.46. The van der Waals surface area contributed by atoms with Crippen molar-refractivity contribution in [3.8, 4) is 11.5 Å². The molecule has 0 bridgehead atoms. The van der Waals surface area contributed by atoms with Gasteiger partial charge >= 0.3 is 12.2 Å². The Morgan fingerprint density at radius 1 is 1.00 bits per heavy atom. The maximum absolute atomic E-state index is 13.2. The summed E-state index contributed by atoms with van der Waals surface area (Å²) in [6.45, 7) is 1.91. The maximum Gasteiger partial charge on any atom is 0.416 e. The second-order valence-electron chi connectivity index (χ2n) is 7.40. The minimum Gasteiger partial charge on any atom is -0.457 e. The lowest BCUT2D eigenvalue weighted by Gasteiger charge is -2.34. The van der Waals surface area contributed by atoms with Crippen LogP contribution in [-0.4, -0.2) is 12.6 Å². The monoisotopic (exact) mass is 446 g/mol. The van der Waals surface area contributed by atoms with Crippen molar-refractivity contribution in [2.45, 2.75) is 18.6 Å². The number of carbonyl (C=O) groups is 1. The Balaban J connectivity index is 1.63. The third kappa shape index (κ3) is 4.18. The van der Waals surface area contributed by atoms with Crippen LogP contribution in [0.15, 0.2) is 72.8 Å². The first-order chi connectivity index (χ1) is 14.7. The van der Waals surface area contributed by atoms with Crippen molar-refractivity contribution in [1.82, 2.24) is 5.32 Å². The molecule has 0 spiro atoms. The SMILES string of the molecule is CC1(c2cccc(C(F)(F)F)c2)CNC(=O)N1c1ccc(Oc2ccc(Cl)cc2)cc1. The van der Waals surface area contributed by atoms with Crippen molar-refractivity contribution in [3.05, 3.63) is 88.9 Å². The largest absolute Gasteiger partial charge is 0.457 e. The molecular formula is C23H18ClF3N2O2. The number of urea groups is 1. The average Bonchev–Trinajstić information content (AvgIpc) is 3.05. The molecule has 4 rings (SSSR count). The van der Waals surface area contributed by atoms with E-state index in [9.17, 15) is 18.0 Å². The lowest BCUT2D eigenvalue weighted by atomic mass is 9.89. The average molecular weight is 447 g/mol. The Kier molecular flexibility index (Phi) is 5.31. The highest BCUT2D eigenvalue weighted by Gasteiger charge is 2.45. The van der Waals surface area contributed by atoms with Gasteiger partial charge in [0, 0.05) is 17.3 Å². The molecule has 160 valence electrons. The second-order valence-corrected chi connectivity index (χ2v) is 7.83. The number of nitrogens with zero attached hydrogens (tertiary/aromatic N) is 1. The summed E-state index contributed by atoms with van der Waals surface area (Å²) in [6.07, 6.45) is -4.46. The molecule has 3 aromatic carbocycles. The van der Waals surface area contributed by atoms with Crippen molar-refractivity contribution in [2.75, 3.05) is 11.4 Å². The third-order valence-corrected chi connectivity index (χ3v) is 5.49. The Labute approximate surface area is 182 Å². The summed E-state index contributed by atoms with van der Waals surface area (Å²) in [5.41, 5.74) is -0.811. The fraction of sp³-hybridized carbons (Fsp3) is 0.174. The molecule has 1 heterocycles. The molecule has 1 unspecified atom stereocenters. The molecule has 1 atom stereocenters. The molecule has 8 heteroatoms. The third-order valence-electron chi connectivity index (χ3n) is 5.24. The van der Waals surface area contributed by atoms with Crippen LogP contribution >= 0.6 is 11.6 Å². The molecule has 1 aliphatic rings. The number of ether oxygens (including phenoxy) is 1. The smallest absolute Gasteiger partial charge is 0.416 e. The summed E-state index contributed by atoms with van der Waals surface area (Å²) < 4.78 is 45.4. The van der Waals surface area contributed by atoms with Crippen molar-refractivity contribution >= 4 is 23.3 Å². The van der Waals surface area contributed by atoms with Gasteiger partial charge in [-0.2, -0.15) is 13.2 Å². The Morgan fingerprint density at radius 3 is 2.23 bits per heavy atom. The lowest BCUT2D eigenvalue weighted by Crippen LogP contribution is -2.42. The molecule has 4 nitrogen and oxygen atoms in total. The lowest BCUT2D eigenvalue weighted by molar-refractivity contribution is -0.137. The van der Waals surface area contributed by atoms with Crippen LogP contribution in [0.4, 0.5) is 23.7 Å². The van der Waals surface area contributed by atoms with Crippen LogP contribution in [0.25, 0.3) is 0 Å². The van der Waals surface area contributed by atoms with Gasteiger partial charge in [-0.1, -0.05) is 23.7 Å². The Morgan fingerprint density at radius 2 is 1.61 bits per heavy atom. The molecule has 1 saturated heterocycles. The second kappa shape index (κ2) is 7.81. The van der Waals surface area contributed by atoms with Crippen molar-refractivity contribution in [2.24, 2.45) is 0 Å². The van der Waals surface area contributed by atoms with Crippen LogP contribution in [0.3, 0.4) is 0 Å². The van der Waals surface area contributed by atoms with E-state index in [4.69, 9.17) is 16.3 Å². The predicted octanol–water partition coefficient (Wildman–Crippen LogP) is 6.60. The number of alkyl halides is 3. The normalized spacial score (nSPS) is 18.7. The van der Waals surface area contributed by atoms with Gasteiger partial charge in [0.2, 0.25) is 0 Å². The van der Waals surface area contributed by atoms with Gasteiger partial charge in [-0.3, -0.25) is 4.90 Å². The van der Waals surface area contributed by atoms with Gasteiger partial charge in [0.05, 0.1) is 11.1 Å². The van der Waals surface area contributed by atoms with Gasteiger partial charge < -0.3 is 10.1 Å². The van der Waals surface area contributed by atoms with E-state index in [0.29, 0.717) is 27.8 Å². The van der Waals surface area contributed by atoms with E-state index in [0.717, 1.165) is 12.1 Å². The van der Waals surface area contributed by atoms with Crippen LogP contribution < -0.4 is 15.0 Å². The summed E-state index contributed by atoms with van der Waals surface area (Å²) in [6, 6.07) is 18.3. The van der Waals surface area contributed by atoms with Crippen molar-refractivity contribution < 1.29 is 22.7 Å². The number of amides is 2. The van der Waals surface area contributed by atoms with E-state index in [2.05, 4.69) is 5.32 Å². The molecule has 2 amide bonds. The highest BCUT2D eigenvalue weighted by Crippen LogP contribution is 2.39. The Bertz CT molecular complexity index is 1100. The zero-order valence-corrected chi connectivity index (χ0v) is 17.2. The molecule has 0 radical (unpaired) electrons. The standard InChI is InChI=1S/C23H18ClF3N2O2/c1-22(15-3-2-4-16(13-15)23(25,26)27)14-28-21(30)29(22)18-7-11-20(12-8-18)31-19-9-5-17(24)6-10-19/h2-13H,14H2,1H3,(H,28,30). The quantitative estimate of drug-likeness (QED) is 0.490. The molecule has 1 N–H and O–H groups in total. The number of benzene rings is 3. The highest BCUT2D eigenvalue weighted by molar-refractivity contribution is 6.30. The van der Waals surface area contributed by atoms with Crippen LogP contribution in [0, 0.1) is 0 Å². The minimum atomic E-state index is -4.46. The van der Waals surface area contributed by atoms with E-state index < -0.39 is 17.3 Å². The van der Waals surface area contributed by atoms with E-state index in [1.807, 2.05) is 0 Å². The van der Waals surface area contributed by atoms with E-state index >= 15 is 0 Å². The molecule has 1 fully saturated rings. The number of nitrogens with one attached hydrogen (secondary N) is 1. The van der Waals surface area contributed by atoms with Gasteiger partial charge in [-0.15, -0.1) is 0 Å². The number of hydrogen-bond donors (Lipinski definition) is 1. The number of rotatable bonds is 4. The van der Waals surface area contributed by atoms with Gasteiger partial charge in [0.1, 0.15) is 11.5 Å². The fourth-order valence-corrected chi connectivity index (χ4v) is 3.72. The minimum absolute atomic E-state index is 0.177. The number of anilines is 1. The van der Waals surface area contributed by atoms with E-state index in [1.54, 1.807) is 61.5 Å². The molecule has 3 aromatic rings. The first kappa shape index (κ1) is 21.1. The summed E-state index contributed by atoms with van der Waals surface area (Å²) >= 11 is 5.87. The van der Waals surface area contributed by atoms with Crippen molar-refractivity contribution in [3.63, 3.8) is 0 Å². The van der Waals surface area contributed by atoms with Crippen LogP contribution in [0.1, 0.15) is 18.1 Å². The summed E-state index contributed by atoms with van der Waals surface area (Å²) in [7, 11) is 0. The Hall–Kier alpha value is -3.19. The molecule has 0 saturated carbocycles. The maximum atomic E-state index is 13.2. The van der Waals surface area contributed by atoms with Crippen LogP contribution in [0.5, 0.6) is 11.5 Å². The number of carbonyl (C=O) groups excluding carboxylic acids is 1. The number of halogens is 4. The van der Waals surface area contributed by atoms with E-state index in [-0.39, 0.29) is 12.6 Å². The first-order valence-corrected chi connectivity index (χ1v) is 9.84. The highest BCUT2D eigenvalue weighted by atomic mass is 35.5. The van der Waals surface area contributed by atoms with E-state index in [1.165, 1.54) is 11.0 Å². The van der Waals surface area contributed by atoms with Gasteiger partial charge in [-0.05, 0) is 73.2 Å².